The van der Waals surface area contributed by atoms with Crippen LogP contribution < -0.4 is 14.8 Å². The summed E-state index contributed by atoms with van der Waals surface area (Å²) in [6.45, 7) is 2.77. The summed E-state index contributed by atoms with van der Waals surface area (Å²) in [4.78, 5) is 24.2. The third kappa shape index (κ3) is 5.31. The first-order valence-corrected chi connectivity index (χ1v) is 10.8. The number of amides is 3. The molecule has 1 unspecified atom stereocenters. The zero-order chi connectivity index (χ0) is 21.1. The lowest BCUT2D eigenvalue weighted by molar-refractivity contribution is -0.118. The summed E-state index contributed by atoms with van der Waals surface area (Å²) in [5, 5.41) is 6.22. The van der Waals surface area contributed by atoms with E-state index in [0.717, 1.165) is 18.4 Å². The van der Waals surface area contributed by atoms with E-state index in [2.05, 4.69) is 15.2 Å². The van der Waals surface area contributed by atoms with Gasteiger partial charge < -0.3 is 14.2 Å². The number of hydrogen-bond acceptors (Lipinski definition) is 7. The van der Waals surface area contributed by atoms with E-state index in [1.165, 1.54) is 22.9 Å². The highest BCUT2D eigenvalue weighted by molar-refractivity contribution is 7.96. The number of halogens is 1. The van der Waals surface area contributed by atoms with Crippen molar-refractivity contribution in [1.29, 1.82) is 0 Å². The molecule has 0 radical (unpaired) electrons. The fourth-order valence-corrected chi connectivity index (χ4v) is 3.75. The lowest BCUT2D eigenvalue weighted by Crippen LogP contribution is -2.27. The second-order valence-corrected chi connectivity index (χ2v) is 8.38. The molecule has 1 aromatic carbocycles. The number of nitrogens with one attached hydrogen (secondary N) is 2. The molecule has 1 saturated heterocycles. The van der Waals surface area contributed by atoms with Gasteiger partial charge in [-0.3, -0.25) is 14.8 Å². The van der Waals surface area contributed by atoms with Gasteiger partial charge in [0.1, 0.15) is 6.54 Å². The van der Waals surface area contributed by atoms with Crippen LogP contribution in [0.3, 0.4) is 0 Å². The summed E-state index contributed by atoms with van der Waals surface area (Å²) >= 11 is 1.45. The molecule has 1 saturated carbocycles. The van der Waals surface area contributed by atoms with Crippen molar-refractivity contribution in [3.63, 3.8) is 0 Å². The number of aromatic nitrogens is 1. The minimum Gasteiger partial charge on any atom is -0.490 e. The smallest absolute Gasteiger partial charge is 0.324 e. The molecule has 1 aliphatic heterocycles. The monoisotopic (exact) mass is 434 g/mol. The summed E-state index contributed by atoms with van der Waals surface area (Å²) in [5.41, 5.74) is 1.65. The van der Waals surface area contributed by atoms with Crippen LogP contribution in [0.15, 0.2) is 28.8 Å². The number of carbonyl (C=O) groups excluding carboxylic acids is 2. The molecule has 160 valence electrons. The van der Waals surface area contributed by atoms with Crippen LogP contribution in [0.5, 0.6) is 5.75 Å². The number of benzene rings is 1. The van der Waals surface area contributed by atoms with E-state index < -0.39 is 6.03 Å². The summed E-state index contributed by atoms with van der Waals surface area (Å²) < 4.78 is 28.1. The molecule has 1 atom stereocenters. The number of nitrogens with zero attached hydrogens (tertiary/aromatic N) is 2. The minimum absolute atomic E-state index is 0.0206. The molecule has 2 aromatic rings. The van der Waals surface area contributed by atoms with Crippen LogP contribution in [0.4, 0.5) is 9.18 Å². The molecule has 1 aromatic heterocycles. The molecular formula is C20H23FN4O4S. The van der Waals surface area contributed by atoms with E-state index in [0.29, 0.717) is 35.5 Å². The highest BCUT2D eigenvalue weighted by Gasteiger charge is 2.27. The minimum atomic E-state index is -0.428. The first-order chi connectivity index (χ1) is 14.5. The second-order valence-electron chi connectivity index (χ2n) is 7.57. The van der Waals surface area contributed by atoms with Crippen molar-refractivity contribution in [2.45, 2.75) is 38.1 Å². The molecule has 10 heteroatoms. The highest BCUT2D eigenvalue weighted by atomic mass is 32.2. The number of hydrogen-bond donors (Lipinski definition) is 2. The zero-order valence-corrected chi connectivity index (χ0v) is 17.3. The van der Waals surface area contributed by atoms with Crippen LogP contribution in [0.1, 0.15) is 42.8 Å². The van der Waals surface area contributed by atoms with Crippen LogP contribution >= 0.6 is 11.9 Å². The van der Waals surface area contributed by atoms with Crippen molar-refractivity contribution in [2.24, 2.45) is 5.92 Å². The molecule has 2 aliphatic rings. The van der Waals surface area contributed by atoms with Crippen molar-refractivity contribution in [1.82, 2.24) is 20.1 Å². The Kier molecular flexibility index (Phi) is 6.24. The average molecular weight is 434 g/mol. The van der Waals surface area contributed by atoms with E-state index in [1.54, 1.807) is 18.2 Å². The van der Waals surface area contributed by atoms with E-state index in [4.69, 9.17) is 9.26 Å². The maximum atomic E-state index is 14.0. The first-order valence-electron chi connectivity index (χ1n) is 9.80. The zero-order valence-electron chi connectivity index (χ0n) is 16.5. The SMILES string of the molecule is CC(NSCc1cc(CN2CC(=O)NC2=O)on1)c1ccc(F)c(OCC2CC2)c1. The van der Waals surface area contributed by atoms with Crippen LogP contribution in [-0.2, 0) is 17.1 Å². The van der Waals surface area contributed by atoms with Gasteiger partial charge >= 0.3 is 6.03 Å². The molecule has 0 bridgehead atoms. The molecule has 2 N–H and O–H groups in total. The lowest BCUT2D eigenvalue weighted by atomic mass is 10.1. The predicted octanol–water partition coefficient (Wildman–Crippen LogP) is 3.15. The van der Waals surface area contributed by atoms with Crippen molar-refractivity contribution in [2.75, 3.05) is 13.2 Å². The van der Waals surface area contributed by atoms with Gasteiger partial charge in [-0.05, 0) is 43.4 Å². The molecule has 2 fully saturated rings. The standard InChI is InChI=1S/C20H23FN4O4S/c1-12(14-4-5-17(21)18(6-14)28-10-13-2-3-13)24-30-11-15-7-16(29-23-15)8-25-9-19(26)22-20(25)27/h4-7,12-13,24H,2-3,8-11H2,1H3,(H,22,26,27). The molecule has 1 aliphatic carbocycles. The molecular weight excluding hydrogens is 411 g/mol. The highest BCUT2D eigenvalue weighted by Crippen LogP contribution is 2.31. The van der Waals surface area contributed by atoms with Crippen LogP contribution in [0.2, 0.25) is 0 Å². The second kappa shape index (κ2) is 9.05. The molecule has 8 nitrogen and oxygen atoms in total. The fraction of sp³-hybridized carbons (Fsp3) is 0.450. The maximum absolute atomic E-state index is 14.0. The van der Waals surface area contributed by atoms with Gasteiger partial charge in [-0.25, -0.2) is 9.18 Å². The number of urea groups is 1. The van der Waals surface area contributed by atoms with Crippen LogP contribution in [-0.4, -0.2) is 35.1 Å². The van der Waals surface area contributed by atoms with Gasteiger partial charge in [0.15, 0.2) is 17.3 Å². The van der Waals surface area contributed by atoms with Crippen molar-refractivity contribution >= 4 is 23.9 Å². The lowest BCUT2D eigenvalue weighted by Gasteiger charge is -2.15. The van der Waals surface area contributed by atoms with Gasteiger partial charge in [0, 0.05) is 12.1 Å². The Labute approximate surface area is 177 Å². The first kappa shape index (κ1) is 20.7. The fourth-order valence-electron chi connectivity index (χ4n) is 3.00. The molecule has 3 amide bonds. The van der Waals surface area contributed by atoms with Crippen LogP contribution in [0.25, 0.3) is 0 Å². The summed E-state index contributed by atoms with van der Waals surface area (Å²) in [6.07, 6.45) is 2.31. The van der Waals surface area contributed by atoms with Crippen LogP contribution in [0, 0.1) is 11.7 Å². The topological polar surface area (TPSA) is 96.7 Å². The maximum Gasteiger partial charge on any atom is 0.324 e. The Balaban J connectivity index is 1.25. The number of carbonyl (C=O) groups is 2. The molecule has 30 heavy (non-hydrogen) atoms. The Bertz CT molecular complexity index is 933. The van der Waals surface area contributed by atoms with Crippen molar-refractivity contribution in [3.05, 3.63) is 47.1 Å². The average Bonchev–Trinajstić information content (AvgIpc) is 3.35. The Hall–Kier alpha value is -2.59. The van der Waals surface area contributed by atoms with E-state index in [9.17, 15) is 14.0 Å². The van der Waals surface area contributed by atoms with Crippen molar-refractivity contribution in [3.8, 4) is 5.75 Å². The number of imide groups is 1. The van der Waals surface area contributed by atoms with Gasteiger partial charge in [0.25, 0.3) is 0 Å². The third-order valence-corrected chi connectivity index (χ3v) is 5.89. The van der Waals surface area contributed by atoms with Gasteiger partial charge in [-0.2, -0.15) is 0 Å². The largest absolute Gasteiger partial charge is 0.490 e. The molecule has 4 rings (SSSR count). The van der Waals surface area contributed by atoms with Gasteiger partial charge in [-0.15, -0.1) is 0 Å². The Morgan fingerprint density at radius 3 is 2.97 bits per heavy atom. The Morgan fingerprint density at radius 2 is 2.23 bits per heavy atom. The normalized spacial score (nSPS) is 17.3. The van der Waals surface area contributed by atoms with Gasteiger partial charge in [0.05, 0.1) is 24.6 Å². The quantitative estimate of drug-likeness (QED) is 0.438. The summed E-state index contributed by atoms with van der Waals surface area (Å²) in [7, 11) is 0. The van der Waals surface area contributed by atoms with Gasteiger partial charge in [-0.1, -0.05) is 23.2 Å². The van der Waals surface area contributed by atoms with E-state index in [1.807, 2.05) is 6.92 Å². The summed E-state index contributed by atoms with van der Waals surface area (Å²) in [6, 6.07) is 6.23. The predicted molar refractivity (Wildman–Crippen MR) is 108 cm³/mol. The summed E-state index contributed by atoms with van der Waals surface area (Å²) in [5.74, 6) is 1.25. The van der Waals surface area contributed by atoms with E-state index in [-0.39, 0.29) is 30.9 Å². The molecule has 2 heterocycles. The number of ether oxygens (including phenoxy) is 1. The molecule has 0 spiro atoms. The van der Waals surface area contributed by atoms with Crippen molar-refractivity contribution < 1.29 is 23.2 Å². The number of rotatable bonds is 10. The third-order valence-electron chi connectivity index (χ3n) is 4.93. The van der Waals surface area contributed by atoms with E-state index >= 15 is 0 Å². The van der Waals surface area contributed by atoms with Gasteiger partial charge in [0.2, 0.25) is 5.91 Å². The Morgan fingerprint density at radius 1 is 1.40 bits per heavy atom.